The lowest BCUT2D eigenvalue weighted by Gasteiger charge is -2.08. The van der Waals surface area contributed by atoms with Gasteiger partial charge in [0.1, 0.15) is 5.75 Å². The molecule has 31 heavy (non-hydrogen) atoms. The average molecular weight is 433 g/mol. The molecule has 4 rings (SSSR count). The molecule has 0 bridgehead atoms. The van der Waals surface area contributed by atoms with E-state index in [9.17, 15) is 9.59 Å². The van der Waals surface area contributed by atoms with Crippen molar-refractivity contribution >= 4 is 40.1 Å². The van der Waals surface area contributed by atoms with Crippen LogP contribution in [0.3, 0.4) is 0 Å². The zero-order valence-corrected chi connectivity index (χ0v) is 18.0. The Bertz CT molecular complexity index is 1210. The molecular formula is C23H19N3O4S. The van der Waals surface area contributed by atoms with E-state index < -0.39 is 5.97 Å². The first-order chi connectivity index (χ1) is 15.0. The number of amides is 1. The van der Waals surface area contributed by atoms with Gasteiger partial charge >= 0.3 is 5.97 Å². The van der Waals surface area contributed by atoms with Crippen LogP contribution in [-0.4, -0.2) is 36.8 Å². The van der Waals surface area contributed by atoms with E-state index >= 15 is 0 Å². The summed E-state index contributed by atoms with van der Waals surface area (Å²) in [6.45, 7) is 1.78. The minimum Gasteiger partial charge on any atom is -0.496 e. The summed E-state index contributed by atoms with van der Waals surface area (Å²) in [7, 11) is 2.94. The number of esters is 1. The fourth-order valence-corrected chi connectivity index (χ4v) is 3.93. The molecule has 8 heteroatoms. The van der Waals surface area contributed by atoms with Crippen molar-refractivity contribution in [3.63, 3.8) is 0 Å². The van der Waals surface area contributed by atoms with Crippen molar-refractivity contribution in [2.75, 3.05) is 19.2 Å². The standard InChI is InChI=1S/C23H19N3O4S/c1-14-18(12-15-8-10-16(11-9-15)22(28)30-3)21(27)26(25-14)23-24-19(13-31-23)17-6-4-5-7-20(17)29-2/h4-13H,1-3H3/b18-12+. The Hall–Kier alpha value is -3.78. The number of methoxy groups -OCH3 is 2. The van der Waals surface area contributed by atoms with E-state index in [1.807, 2.05) is 29.6 Å². The fourth-order valence-electron chi connectivity index (χ4n) is 3.16. The summed E-state index contributed by atoms with van der Waals surface area (Å²) >= 11 is 1.34. The molecular weight excluding hydrogens is 414 g/mol. The topological polar surface area (TPSA) is 81.1 Å². The van der Waals surface area contributed by atoms with E-state index in [0.29, 0.717) is 33.4 Å². The molecule has 0 N–H and O–H groups in total. The van der Waals surface area contributed by atoms with Crippen LogP contribution in [0.25, 0.3) is 17.3 Å². The van der Waals surface area contributed by atoms with Gasteiger partial charge in [0.2, 0.25) is 5.13 Å². The molecule has 2 heterocycles. The predicted molar refractivity (Wildman–Crippen MR) is 120 cm³/mol. The second-order valence-corrected chi connectivity index (χ2v) is 7.53. The first-order valence-electron chi connectivity index (χ1n) is 9.41. The zero-order chi connectivity index (χ0) is 22.0. The largest absolute Gasteiger partial charge is 0.496 e. The van der Waals surface area contributed by atoms with Crippen LogP contribution in [0, 0.1) is 0 Å². The normalized spacial score (nSPS) is 14.7. The van der Waals surface area contributed by atoms with Crippen LogP contribution in [0.1, 0.15) is 22.8 Å². The Morgan fingerprint density at radius 2 is 1.84 bits per heavy atom. The summed E-state index contributed by atoms with van der Waals surface area (Å²) < 4.78 is 10.1. The van der Waals surface area contributed by atoms with E-state index in [4.69, 9.17) is 9.47 Å². The number of carbonyl (C=O) groups is 2. The third-order valence-electron chi connectivity index (χ3n) is 4.76. The van der Waals surface area contributed by atoms with Crippen molar-refractivity contribution in [1.29, 1.82) is 0 Å². The Kier molecular flexibility index (Phi) is 5.64. The molecule has 1 aliphatic heterocycles. The SMILES string of the molecule is COC(=O)c1ccc(/C=C2/C(=O)N(c3nc(-c4ccccc4OC)cs3)N=C2C)cc1. The van der Waals surface area contributed by atoms with Crippen LogP contribution in [0.5, 0.6) is 5.75 Å². The molecule has 0 fully saturated rings. The molecule has 1 aliphatic rings. The van der Waals surface area contributed by atoms with Gasteiger partial charge in [-0.1, -0.05) is 24.3 Å². The van der Waals surface area contributed by atoms with Crippen molar-refractivity contribution in [3.8, 4) is 17.0 Å². The van der Waals surface area contributed by atoms with Gasteiger partial charge in [-0.3, -0.25) is 4.79 Å². The molecule has 0 spiro atoms. The minimum atomic E-state index is -0.408. The van der Waals surface area contributed by atoms with Crippen LogP contribution in [-0.2, 0) is 9.53 Å². The maximum atomic E-state index is 13.0. The van der Waals surface area contributed by atoms with Crippen LogP contribution < -0.4 is 9.75 Å². The third kappa shape index (κ3) is 3.97. The van der Waals surface area contributed by atoms with Gasteiger partial charge in [0.25, 0.3) is 5.91 Å². The average Bonchev–Trinajstić information content (AvgIpc) is 3.39. The molecule has 1 amide bonds. The van der Waals surface area contributed by atoms with Gasteiger partial charge in [-0.15, -0.1) is 11.3 Å². The molecule has 0 unspecified atom stereocenters. The second-order valence-electron chi connectivity index (χ2n) is 6.69. The quantitative estimate of drug-likeness (QED) is 0.440. The summed E-state index contributed by atoms with van der Waals surface area (Å²) in [6, 6.07) is 14.4. The Morgan fingerprint density at radius 1 is 1.10 bits per heavy atom. The second kappa shape index (κ2) is 8.53. The number of nitrogens with zero attached hydrogens (tertiary/aromatic N) is 3. The van der Waals surface area contributed by atoms with Crippen LogP contribution >= 0.6 is 11.3 Å². The monoisotopic (exact) mass is 433 g/mol. The van der Waals surface area contributed by atoms with Crippen molar-refractivity contribution < 1.29 is 19.1 Å². The highest BCUT2D eigenvalue weighted by molar-refractivity contribution is 7.14. The number of carbonyl (C=O) groups excluding carboxylic acids is 2. The summed E-state index contributed by atoms with van der Waals surface area (Å²) in [6.07, 6.45) is 1.75. The van der Waals surface area contributed by atoms with E-state index in [1.54, 1.807) is 44.4 Å². The number of hydrazone groups is 1. The fraction of sp³-hybridized carbons (Fsp3) is 0.130. The van der Waals surface area contributed by atoms with E-state index in [-0.39, 0.29) is 5.91 Å². The number of anilines is 1. The summed E-state index contributed by atoms with van der Waals surface area (Å²) in [5.74, 6) is 0.0490. The van der Waals surface area contributed by atoms with Crippen LogP contribution in [0.2, 0.25) is 0 Å². The molecule has 7 nitrogen and oxygen atoms in total. The van der Waals surface area contributed by atoms with Gasteiger partial charge in [0.15, 0.2) is 0 Å². The summed E-state index contributed by atoms with van der Waals surface area (Å²) in [5.41, 5.74) is 3.86. The zero-order valence-electron chi connectivity index (χ0n) is 17.2. The molecule has 156 valence electrons. The Morgan fingerprint density at radius 3 is 2.55 bits per heavy atom. The number of hydrogen-bond donors (Lipinski definition) is 0. The van der Waals surface area contributed by atoms with Crippen molar-refractivity contribution in [2.24, 2.45) is 5.10 Å². The number of rotatable bonds is 5. The highest BCUT2D eigenvalue weighted by Crippen LogP contribution is 2.35. The van der Waals surface area contributed by atoms with E-state index in [2.05, 4.69) is 10.1 Å². The third-order valence-corrected chi connectivity index (χ3v) is 5.58. The molecule has 3 aromatic rings. The smallest absolute Gasteiger partial charge is 0.337 e. The molecule has 0 saturated heterocycles. The van der Waals surface area contributed by atoms with E-state index in [0.717, 1.165) is 11.1 Å². The van der Waals surface area contributed by atoms with Crippen molar-refractivity contribution in [3.05, 3.63) is 70.6 Å². The van der Waals surface area contributed by atoms with Gasteiger partial charge in [0.05, 0.1) is 36.8 Å². The lowest BCUT2D eigenvalue weighted by molar-refractivity contribution is -0.114. The van der Waals surface area contributed by atoms with Gasteiger partial charge < -0.3 is 9.47 Å². The predicted octanol–water partition coefficient (Wildman–Crippen LogP) is 4.41. The van der Waals surface area contributed by atoms with Crippen LogP contribution in [0.4, 0.5) is 5.13 Å². The number of aromatic nitrogens is 1. The van der Waals surface area contributed by atoms with Crippen molar-refractivity contribution in [1.82, 2.24) is 4.98 Å². The molecule has 2 aromatic carbocycles. The first-order valence-corrected chi connectivity index (χ1v) is 10.3. The summed E-state index contributed by atoms with van der Waals surface area (Å²) in [4.78, 5) is 29.2. The lowest BCUT2D eigenvalue weighted by atomic mass is 10.1. The van der Waals surface area contributed by atoms with Gasteiger partial charge in [0, 0.05) is 10.9 Å². The molecule has 0 atom stereocenters. The number of para-hydroxylation sites is 1. The Balaban J connectivity index is 1.59. The first kappa shape index (κ1) is 20.5. The lowest BCUT2D eigenvalue weighted by Crippen LogP contribution is -2.21. The van der Waals surface area contributed by atoms with Crippen molar-refractivity contribution in [2.45, 2.75) is 6.92 Å². The number of benzene rings is 2. The van der Waals surface area contributed by atoms with E-state index in [1.165, 1.54) is 23.5 Å². The maximum Gasteiger partial charge on any atom is 0.337 e. The highest BCUT2D eigenvalue weighted by atomic mass is 32.1. The van der Waals surface area contributed by atoms with Gasteiger partial charge in [-0.2, -0.15) is 10.1 Å². The number of thiazole rings is 1. The minimum absolute atomic E-state index is 0.254. The Labute approximate surface area is 183 Å². The van der Waals surface area contributed by atoms with Gasteiger partial charge in [-0.05, 0) is 42.8 Å². The maximum absolute atomic E-state index is 13.0. The molecule has 0 saturated carbocycles. The number of hydrogen-bond acceptors (Lipinski definition) is 7. The highest BCUT2D eigenvalue weighted by Gasteiger charge is 2.31. The molecule has 1 aromatic heterocycles. The summed E-state index contributed by atoms with van der Waals surface area (Å²) in [5, 5.41) is 8.07. The molecule has 0 aliphatic carbocycles. The molecule has 0 radical (unpaired) electrons. The van der Waals surface area contributed by atoms with Gasteiger partial charge in [-0.25, -0.2) is 9.78 Å². The van der Waals surface area contributed by atoms with Crippen LogP contribution in [0.15, 0.2) is 64.6 Å². The number of ether oxygens (including phenoxy) is 2.